The van der Waals surface area contributed by atoms with Gasteiger partial charge in [0.15, 0.2) is 0 Å². The third kappa shape index (κ3) is 3.41. The molecule has 1 aliphatic rings. The van der Waals surface area contributed by atoms with Gasteiger partial charge in [-0.05, 0) is 55.4 Å². The molecule has 0 fully saturated rings. The summed E-state index contributed by atoms with van der Waals surface area (Å²) in [6, 6.07) is 7.91. The molecule has 1 amide bonds. The minimum absolute atomic E-state index is 0.111. The number of nitrogens with zero attached hydrogens (tertiary/aromatic N) is 1. The lowest BCUT2D eigenvalue weighted by molar-refractivity contribution is -0.115. The fourth-order valence-electron chi connectivity index (χ4n) is 2.87. The monoisotopic (exact) mass is 344 g/mol. The van der Waals surface area contributed by atoms with E-state index in [1.165, 1.54) is 4.88 Å². The van der Waals surface area contributed by atoms with E-state index < -0.39 is 0 Å². The average Bonchev–Trinajstić information content (AvgIpc) is 2.87. The van der Waals surface area contributed by atoms with Crippen molar-refractivity contribution >= 4 is 33.8 Å². The van der Waals surface area contributed by atoms with Crippen LogP contribution < -0.4 is 5.32 Å². The summed E-state index contributed by atoms with van der Waals surface area (Å²) in [5.74, 6) is -0.111. The lowest BCUT2D eigenvalue weighted by atomic mass is 9.96. The van der Waals surface area contributed by atoms with Crippen molar-refractivity contribution in [3.63, 3.8) is 0 Å². The van der Waals surface area contributed by atoms with Crippen molar-refractivity contribution in [3.8, 4) is 6.07 Å². The first-order chi connectivity index (χ1) is 11.1. The van der Waals surface area contributed by atoms with Crippen LogP contribution in [0.4, 0.5) is 5.00 Å². The number of aryl methyl sites for hydroxylation is 2. The molecule has 0 aliphatic heterocycles. The number of hydrogen-bond acceptors (Lipinski definition) is 3. The Kier molecular flexibility index (Phi) is 4.70. The maximum absolute atomic E-state index is 12.3. The molecule has 1 aromatic carbocycles. The van der Waals surface area contributed by atoms with Gasteiger partial charge in [-0.25, -0.2) is 0 Å². The molecule has 5 heteroatoms. The highest BCUT2D eigenvalue weighted by atomic mass is 35.5. The molecule has 1 aliphatic carbocycles. The minimum Gasteiger partial charge on any atom is -0.316 e. The molecule has 0 radical (unpaired) electrons. The van der Waals surface area contributed by atoms with Crippen molar-refractivity contribution in [1.29, 1.82) is 5.26 Å². The van der Waals surface area contributed by atoms with Gasteiger partial charge in [0.1, 0.15) is 11.1 Å². The van der Waals surface area contributed by atoms with Crippen LogP contribution >= 0.6 is 22.9 Å². The number of halogens is 1. The summed E-state index contributed by atoms with van der Waals surface area (Å²) in [7, 11) is 0. The van der Waals surface area contributed by atoms with Crippen molar-refractivity contribution in [3.05, 3.63) is 50.4 Å². The van der Waals surface area contributed by atoms with Gasteiger partial charge in [-0.1, -0.05) is 23.7 Å². The van der Waals surface area contributed by atoms with Crippen LogP contribution in [0.2, 0.25) is 5.02 Å². The SMILES string of the molecule is Cc1ccc(CC(=O)Nc2sc3c(c2C#N)CCCC3)cc1Cl. The molecule has 23 heavy (non-hydrogen) atoms. The summed E-state index contributed by atoms with van der Waals surface area (Å²) < 4.78 is 0. The second kappa shape index (κ2) is 6.74. The number of nitrogens with one attached hydrogen (secondary N) is 1. The van der Waals surface area contributed by atoms with Crippen molar-refractivity contribution in [2.24, 2.45) is 0 Å². The summed E-state index contributed by atoms with van der Waals surface area (Å²) in [4.78, 5) is 13.6. The van der Waals surface area contributed by atoms with Gasteiger partial charge in [0, 0.05) is 9.90 Å². The van der Waals surface area contributed by atoms with E-state index in [-0.39, 0.29) is 12.3 Å². The Hall–Kier alpha value is -1.83. The Morgan fingerprint density at radius 1 is 1.39 bits per heavy atom. The second-order valence-corrected chi connectivity index (χ2v) is 7.35. The highest BCUT2D eigenvalue weighted by molar-refractivity contribution is 7.16. The number of rotatable bonds is 3. The Labute approximate surface area is 144 Å². The van der Waals surface area contributed by atoms with E-state index >= 15 is 0 Å². The van der Waals surface area contributed by atoms with Gasteiger partial charge >= 0.3 is 0 Å². The molecular weight excluding hydrogens is 328 g/mol. The molecule has 3 nitrogen and oxygen atoms in total. The molecule has 0 atom stereocenters. The average molecular weight is 345 g/mol. The number of carbonyl (C=O) groups excluding carboxylic acids is 1. The van der Waals surface area contributed by atoms with Crippen LogP contribution in [-0.4, -0.2) is 5.91 Å². The molecule has 2 aromatic rings. The summed E-state index contributed by atoms with van der Waals surface area (Å²) in [5, 5.41) is 13.7. The van der Waals surface area contributed by atoms with E-state index in [0.29, 0.717) is 15.6 Å². The predicted molar refractivity (Wildman–Crippen MR) is 94.2 cm³/mol. The van der Waals surface area contributed by atoms with Crippen LogP contribution in [0.5, 0.6) is 0 Å². The van der Waals surface area contributed by atoms with Crippen LogP contribution in [0.15, 0.2) is 18.2 Å². The normalized spacial score (nSPS) is 13.3. The quantitative estimate of drug-likeness (QED) is 0.881. The fourth-order valence-corrected chi connectivity index (χ4v) is 4.33. The lowest BCUT2D eigenvalue weighted by Gasteiger charge is -2.09. The molecule has 1 heterocycles. The van der Waals surface area contributed by atoms with Crippen LogP contribution in [0.1, 0.15) is 40.0 Å². The fraction of sp³-hybridized carbons (Fsp3) is 0.333. The Morgan fingerprint density at radius 3 is 2.91 bits per heavy atom. The van der Waals surface area contributed by atoms with E-state index in [9.17, 15) is 10.1 Å². The molecule has 3 rings (SSSR count). The number of fused-ring (bicyclic) bond motifs is 1. The van der Waals surface area contributed by atoms with Crippen molar-refractivity contribution in [2.45, 2.75) is 39.0 Å². The molecule has 0 spiro atoms. The Morgan fingerprint density at radius 2 is 2.17 bits per heavy atom. The third-order valence-corrected chi connectivity index (χ3v) is 5.75. The largest absolute Gasteiger partial charge is 0.316 e. The highest BCUT2D eigenvalue weighted by Crippen LogP contribution is 2.37. The van der Waals surface area contributed by atoms with Gasteiger partial charge in [0.05, 0.1) is 12.0 Å². The number of amides is 1. The molecular formula is C18H17ClN2OS. The maximum atomic E-state index is 12.3. The predicted octanol–water partition coefficient (Wildman–Crippen LogP) is 4.64. The zero-order valence-corrected chi connectivity index (χ0v) is 14.5. The molecule has 0 unspecified atom stereocenters. The van der Waals surface area contributed by atoms with Gasteiger partial charge in [-0.3, -0.25) is 4.79 Å². The molecule has 1 N–H and O–H groups in total. The lowest BCUT2D eigenvalue weighted by Crippen LogP contribution is -2.14. The standard InChI is InChI=1S/C18H17ClN2OS/c1-11-6-7-12(8-15(11)19)9-17(22)21-18-14(10-20)13-4-2-3-5-16(13)23-18/h6-8H,2-5,9H2,1H3,(H,21,22). The maximum Gasteiger partial charge on any atom is 0.229 e. The first-order valence-corrected chi connectivity index (χ1v) is 8.87. The number of carbonyl (C=O) groups is 1. The molecule has 1 aromatic heterocycles. The molecule has 0 bridgehead atoms. The van der Waals surface area contributed by atoms with E-state index in [1.807, 2.05) is 25.1 Å². The highest BCUT2D eigenvalue weighted by Gasteiger charge is 2.21. The van der Waals surface area contributed by atoms with Gasteiger partial charge in [0.2, 0.25) is 5.91 Å². The van der Waals surface area contributed by atoms with E-state index in [2.05, 4.69) is 11.4 Å². The van der Waals surface area contributed by atoms with Crippen LogP contribution in [0.25, 0.3) is 0 Å². The van der Waals surface area contributed by atoms with E-state index in [0.717, 1.165) is 42.4 Å². The number of hydrogen-bond donors (Lipinski definition) is 1. The van der Waals surface area contributed by atoms with Gasteiger partial charge < -0.3 is 5.32 Å². The molecule has 118 valence electrons. The van der Waals surface area contributed by atoms with Crippen LogP contribution in [0, 0.1) is 18.3 Å². The summed E-state index contributed by atoms with van der Waals surface area (Å²) in [6.45, 7) is 1.93. The summed E-state index contributed by atoms with van der Waals surface area (Å²) in [6.07, 6.45) is 4.49. The topological polar surface area (TPSA) is 52.9 Å². The number of benzene rings is 1. The van der Waals surface area contributed by atoms with Gasteiger partial charge in [-0.2, -0.15) is 5.26 Å². The third-order valence-electron chi connectivity index (χ3n) is 4.14. The second-order valence-electron chi connectivity index (χ2n) is 5.84. The smallest absolute Gasteiger partial charge is 0.229 e. The molecule has 0 saturated carbocycles. The zero-order valence-electron chi connectivity index (χ0n) is 12.9. The Balaban J connectivity index is 1.76. The summed E-state index contributed by atoms with van der Waals surface area (Å²) in [5.41, 5.74) is 3.66. The minimum atomic E-state index is -0.111. The first kappa shape index (κ1) is 16.0. The van der Waals surface area contributed by atoms with Gasteiger partial charge in [0.25, 0.3) is 0 Å². The van der Waals surface area contributed by atoms with Crippen molar-refractivity contribution < 1.29 is 4.79 Å². The first-order valence-electron chi connectivity index (χ1n) is 7.68. The zero-order chi connectivity index (χ0) is 16.4. The van der Waals surface area contributed by atoms with Crippen LogP contribution in [0.3, 0.4) is 0 Å². The Bertz CT molecular complexity index is 804. The van der Waals surface area contributed by atoms with E-state index in [1.54, 1.807) is 11.3 Å². The molecule has 0 saturated heterocycles. The van der Waals surface area contributed by atoms with Gasteiger partial charge in [-0.15, -0.1) is 11.3 Å². The number of anilines is 1. The number of nitriles is 1. The number of thiophene rings is 1. The van der Waals surface area contributed by atoms with E-state index in [4.69, 9.17) is 11.6 Å². The van der Waals surface area contributed by atoms with Crippen LogP contribution in [-0.2, 0) is 24.1 Å². The van der Waals surface area contributed by atoms with Crippen molar-refractivity contribution in [1.82, 2.24) is 0 Å². The summed E-state index contributed by atoms with van der Waals surface area (Å²) >= 11 is 7.65. The van der Waals surface area contributed by atoms with Crippen molar-refractivity contribution in [2.75, 3.05) is 5.32 Å².